The summed E-state index contributed by atoms with van der Waals surface area (Å²) in [5, 5.41) is 4.89. The molecular formula is C19H17NO2. The minimum atomic E-state index is -0.478. The van der Waals surface area contributed by atoms with Crippen LogP contribution in [0.2, 0.25) is 0 Å². The zero-order chi connectivity index (χ0) is 15.5. The van der Waals surface area contributed by atoms with E-state index < -0.39 is 6.09 Å². The fourth-order valence-electron chi connectivity index (χ4n) is 2.52. The molecule has 0 saturated carbocycles. The van der Waals surface area contributed by atoms with Crippen molar-refractivity contribution in [2.24, 2.45) is 0 Å². The minimum absolute atomic E-state index is 0.478. The van der Waals surface area contributed by atoms with E-state index in [0.29, 0.717) is 5.75 Å². The number of para-hydroxylation sites is 1. The van der Waals surface area contributed by atoms with Gasteiger partial charge in [0.1, 0.15) is 5.75 Å². The number of hydrogen-bond acceptors (Lipinski definition) is 2. The smallest absolute Gasteiger partial charge is 0.410 e. The van der Waals surface area contributed by atoms with Crippen LogP contribution >= 0.6 is 0 Å². The first kappa shape index (κ1) is 14.1. The molecular weight excluding hydrogens is 274 g/mol. The molecule has 0 aliphatic carbocycles. The molecule has 0 unspecified atom stereocenters. The third kappa shape index (κ3) is 2.79. The quantitative estimate of drug-likeness (QED) is 0.716. The lowest BCUT2D eigenvalue weighted by molar-refractivity contribution is 0.214. The Balaban J connectivity index is 1.85. The van der Waals surface area contributed by atoms with Crippen molar-refractivity contribution in [1.29, 1.82) is 0 Å². The molecule has 3 heteroatoms. The van der Waals surface area contributed by atoms with Crippen molar-refractivity contribution >= 4 is 22.6 Å². The fourth-order valence-corrected chi connectivity index (χ4v) is 2.52. The minimum Gasteiger partial charge on any atom is -0.410 e. The van der Waals surface area contributed by atoms with Gasteiger partial charge in [0.05, 0.1) is 5.69 Å². The largest absolute Gasteiger partial charge is 0.417 e. The van der Waals surface area contributed by atoms with Crippen LogP contribution in [0.4, 0.5) is 10.5 Å². The predicted octanol–water partition coefficient (Wildman–Crippen LogP) is 5.07. The first-order valence-corrected chi connectivity index (χ1v) is 7.18. The summed E-state index contributed by atoms with van der Waals surface area (Å²) in [4.78, 5) is 12.2. The summed E-state index contributed by atoms with van der Waals surface area (Å²) in [6.45, 7) is 3.85. The molecule has 0 bridgehead atoms. The highest BCUT2D eigenvalue weighted by molar-refractivity contribution is 6.00. The molecule has 0 heterocycles. The van der Waals surface area contributed by atoms with E-state index in [1.807, 2.05) is 74.5 Å². The van der Waals surface area contributed by atoms with Gasteiger partial charge in [0.2, 0.25) is 0 Å². The number of benzene rings is 3. The Morgan fingerprint density at radius 1 is 0.864 bits per heavy atom. The number of carbonyl (C=O) groups is 1. The first-order valence-electron chi connectivity index (χ1n) is 7.18. The zero-order valence-electron chi connectivity index (χ0n) is 12.6. The van der Waals surface area contributed by atoms with Crippen molar-refractivity contribution in [2.45, 2.75) is 13.8 Å². The van der Waals surface area contributed by atoms with Gasteiger partial charge in [0.15, 0.2) is 0 Å². The second-order valence-electron chi connectivity index (χ2n) is 5.26. The highest BCUT2D eigenvalue weighted by Crippen LogP contribution is 2.25. The van der Waals surface area contributed by atoms with Crippen LogP contribution in [0.25, 0.3) is 10.8 Å². The van der Waals surface area contributed by atoms with Crippen molar-refractivity contribution in [3.05, 3.63) is 71.8 Å². The number of aryl methyl sites for hydroxylation is 2. The Kier molecular flexibility index (Phi) is 3.79. The third-order valence-electron chi connectivity index (χ3n) is 3.63. The average Bonchev–Trinajstić information content (AvgIpc) is 2.51. The monoisotopic (exact) mass is 291 g/mol. The number of rotatable bonds is 2. The second-order valence-corrected chi connectivity index (χ2v) is 5.26. The molecule has 1 amide bonds. The van der Waals surface area contributed by atoms with Gasteiger partial charge in [-0.1, -0.05) is 54.6 Å². The topological polar surface area (TPSA) is 38.3 Å². The van der Waals surface area contributed by atoms with Crippen LogP contribution in [0, 0.1) is 13.8 Å². The molecule has 1 N–H and O–H groups in total. The summed E-state index contributed by atoms with van der Waals surface area (Å²) in [5.74, 6) is 0.611. The van der Waals surface area contributed by atoms with Gasteiger partial charge in [-0.2, -0.15) is 0 Å². The second kappa shape index (κ2) is 5.90. The molecule has 0 fully saturated rings. The van der Waals surface area contributed by atoms with E-state index in [1.54, 1.807) is 0 Å². The summed E-state index contributed by atoms with van der Waals surface area (Å²) in [6, 6.07) is 19.5. The maximum atomic E-state index is 12.2. The molecule has 0 aliphatic heterocycles. The summed E-state index contributed by atoms with van der Waals surface area (Å²) in [7, 11) is 0. The Labute approximate surface area is 129 Å². The van der Waals surface area contributed by atoms with Crippen LogP contribution in [0.15, 0.2) is 60.7 Å². The van der Waals surface area contributed by atoms with Crippen LogP contribution in [0.3, 0.4) is 0 Å². The lowest BCUT2D eigenvalue weighted by Crippen LogP contribution is -2.18. The van der Waals surface area contributed by atoms with Crippen molar-refractivity contribution < 1.29 is 9.53 Å². The average molecular weight is 291 g/mol. The Hall–Kier alpha value is -2.81. The van der Waals surface area contributed by atoms with Crippen LogP contribution in [0.1, 0.15) is 11.1 Å². The zero-order valence-corrected chi connectivity index (χ0v) is 12.6. The van der Waals surface area contributed by atoms with E-state index in [-0.39, 0.29) is 0 Å². The lowest BCUT2D eigenvalue weighted by atomic mass is 10.1. The van der Waals surface area contributed by atoms with Crippen molar-refractivity contribution in [3.63, 3.8) is 0 Å². The molecule has 3 nitrogen and oxygen atoms in total. The molecule has 0 spiro atoms. The first-order chi connectivity index (χ1) is 10.6. The fraction of sp³-hybridized carbons (Fsp3) is 0.105. The number of fused-ring (bicyclic) bond motifs is 1. The SMILES string of the molecule is Cc1cccc(C)c1OC(=O)Nc1cccc2ccccc12. The molecule has 0 saturated heterocycles. The highest BCUT2D eigenvalue weighted by Gasteiger charge is 2.11. The van der Waals surface area contributed by atoms with Gasteiger partial charge >= 0.3 is 6.09 Å². The highest BCUT2D eigenvalue weighted by atomic mass is 16.6. The van der Waals surface area contributed by atoms with Crippen molar-refractivity contribution in [3.8, 4) is 5.75 Å². The van der Waals surface area contributed by atoms with E-state index in [9.17, 15) is 4.79 Å². The molecule has 3 rings (SSSR count). The van der Waals surface area contributed by atoms with Gasteiger partial charge in [-0.15, -0.1) is 0 Å². The summed E-state index contributed by atoms with van der Waals surface area (Å²) < 4.78 is 5.48. The molecule has 110 valence electrons. The van der Waals surface area contributed by atoms with Gasteiger partial charge in [0, 0.05) is 5.39 Å². The number of amides is 1. The van der Waals surface area contributed by atoms with E-state index in [0.717, 1.165) is 27.6 Å². The van der Waals surface area contributed by atoms with Gasteiger partial charge < -0.3 is 4.74 Å². The molecule has 3 aromatic rings. The molecule has 0 aliphatic rings. The number of nitrogens with one attached hydrogen (secondary N) is 1. The number of carbonyl (C=O) groups excluding carboxylic acids is 1. The van der Waals surface area contributed by atoms with Gasteiger partial charge in [0.25, 0.3) is 0 Å². The van der Waals surface area contributed by atoms with Crippen LogP contribution in [-0.4, -0.2) is 6.09 Å². The maximum Gasteiger partial charge on any atom is 0.417 e. The molecule has 22 heavy (non-hydrogen) atoms. The van der Waals surface area contributed by atoms with Crippen LogP contribution < -0.4 is 10.1 Å². The lowest BCUT2D eigenvalue weighted by Gasteiger charge is -2.12. The standard InChI is InChI=1S/C19H17NO2/c1-13-7-5-8-14(2)18(13)22-19(21)20-17-12-6-10-15-9-3-4-11-16(15)17/h3-12H,1-2H3,(H,20,21). The van der Waals surface area contributed by atoms with Gasteiger partial charge in [-0.05, 0) is 36.4 Å². The third-order valence-corrected chi connectivity index (χ3v) is 3.63. The Bertz CT molecular complexity index is 814. The molecule has 0 atom stereocenters. The van der Waals surface area contributed by atoms with Gasteiger partial charge in [-0.3, -0.25) is 5.32 Å². The predicted molar refractivity (Wildman–Crippen MR) is 89.5 cm³/mol. The number of anilines is 1. The van der Waals surface area contributed by atoms with E-state index in [1.165, 1.54) is 0 Å². The Morgan fingerprint density at radius 3 is 2.27 bits per heavy atom. The van der Waals surface area contributed by atoms with Crippen LogP contribution in [0.5, 0.6) is 5.75 Å². The van der Waals surface area contributed by atoms with Crippen LogP contribution in [-0.2, 0) is 0 Å². The summed E-state index contributed by atoms with van der Waals surface area (Å²) in [5.41, 5.74) is 2.62. The van der Waals surface area contributed by atoms with Crippen molar-refractivity contribution in [2.75, 3.05) is 5.32 Å². The normalized spacial score (nSPS) is 10.5. The molecule has 3 aromatic carbocycles. The molecule has 0 radical (unpaired) electrons. The number of ether oxygens (including phenoxy) is 1. The van der Waals surface area contributed by atoms with Gasteiger partial charge in [-0.25, -0.2) is 4.79 Å². The summed E-state index contributed by atoms with van der Waals surface area (Å²) >= 11 is 0. The number of hydrogen-bond donors (Lipinski definition) is 1. The van der Waals surface area contributed by atoms with E-state index in [4.69, 9.17) is 4.74 Å². The Morgan fingerprint density at radius 2 is 1.50 bits per heavy atom. The molecule has 0 aromatic heterocycles. The van der Waals surface area contributed by atoms with E-state index in [2.05, 4.69) is 5.32 Å². The summed E-state index contributed by atoms with van der Waals surface area (Å²) in [6.07, 6.45) is -0.478. The maximum absolute atomic E-state index is 12.2. The van der Waals surface area contributed by atoms with Crippen molar-refractivity contribution in [1.82, 2.24) is 0 Å². The van der Waals surface area contributed by atoms with E-state index >= 15 is 0 Å².